The van der Waals surface area contributed by atoms with Gasteiger partial charge in [0.1, 0.15) is 0 Å². The summed E-state index contributed by atoms with van der Waals surface area (Å²) in [5.41, 5.74) is 5.89. The molecule has 2 aromatic carbocycles. The maximum Gasteiger partial charge on any atom is 0.206 e. The Morgan fingerprint density at radius 2 is 1.85 bits per heavy atom. The van der Waals surface area contributed by atoms with Gasteiger partial charge in [0.25, 0.3) is 0 Å². The van der Waals surface area contributed by atoms with E-state index in [1.165, 1.54) is 16.0 Å². The molecule has 0 aliphatic heterocycles. The summed E-state index contributed by atoms with van der Waals surface area (Å²) in [4.78, 5) is 6.76. The van der Waals surface area contributed by atoms with Crippen LogP contribution in [0.5, 0.6) is 0 Å². The number of hydrogen-bond donors (Lipinski definition) is 0. The Labute approximate surface area is 163 Å². The van der Waals surface area contributed by atoms with Gasteiger partial charge in [-0.3, -0.25) is 4.99 Å². The predicted molar refractivity (Wildman–Crippen MR) is 115 cm³/mol. The van der Waals surface area contributed by atoms with E-state index in [0.29, 0.717) is 0 Å². The Hall–Kier alpha value is -2.11. The lowest BCUT2D eigenvalue weighted by Gasteiger charge is -2.06. The van der Waals surface area contributed by atoms with E-state index in [-0.39, 0.29) is 0 Å². The highest BCUT2D eigenvalue weighted by Crippen LogP contribution is 2.23. The zero-order valence-corrected chi connectivity index (χ0v) is 17.2. The van der Waals surface area contributed by atoms with Gasteiger partial charge in [-0.15, -0.1) is 23.1 Å². The molecular weight excluding hydrogens is 358 g/mol. The van der Waals surface area contributed by atoms with Crippen molar-refractivity contribution in [2.24, 2.45) is 10.1 Å². The molecule has 0 saturated heterocycles. The van der Waals surface area contributed by atoms with Crippen molar-refractivity contribution in [1.29, 1.82) is 0 Å². The number of aromatic nitrogens is 1. The fraction of sp³-hybridized carbons (Fsp3) is 0.238. The van der Waals surface area contributed by atoms with Crippen LogP contribution in [0, 0.1) is 13.8 Å². The van der Waals surface area contributed by atoms with Gasteiger partial charge in [0.2, 0.25) is 4.80 Å². The molecular formula is C21H23N3S2. The molecule has 0 aliphatic rings. The molecule has 134 valence electrons. The second kappa shape index (κ2) is 8.52. The third-order valence-corrected chi connectivity index (χ3v) is 5.82. The molecule has 1 aromatic heterocycles. The molecule has 0 fully saturated rings. The number of hydrogen-bond acceptors (Lipinski definition) is 4. The number of benzene rings is 2. The van der Waals surface area contributed by atoms with E-state index in [1.54, 1.807) is 23.1 Å². The molecule has 3 rings (SSSR count). The normalized spacial score (nSPS) is 12.2. The lowest BCUT2D eigenvalue weighted by molar-refractivity contribution is 0.833. The van der Waals surface area contributed by atoms with Crippen molar-refractivity contribution in [3.8, 4) is 11.3 Å². The van der Waals surface area contributed by atoms with Gasteiger partial charge in [0.05, 0.1) is 11.9 Å². The lowest BCUT2D eigenvalue weighted by atomic mass is 10.1. The molecule has 0 N–H and O–H groups in total. The first-order chi connectivity index (χ1) is 12.6. The van der Waals surface area contributed by atoms with Crippen LogP contribution in [0.2, 0.25) is 0 Å². The highest BCUT2D eigenvalue weighted by atomic mass is 32.2. The van der Waals surface area contributed by atoms with Crippen molar-refractivity contribution in [3.05, 3.63) is 69.3 Å². The van der Waals surface area contributed by atoms with Crippen LogP contribution in [0.15, 0.2) is 62.8 Å². The third kappa shape index (κ3) is 4.17. The van der Waals surface area contributed by atoms with Crippen molar-refractivity contribution >= 4 is 29.3 Å². The molecule has 0 aliphatic carbocycles. The summed E-state index contributed by atoms with van der Waals surface area (Å²) in [5, 5.41) is 6.87. The SMILES string of the molecule is CCN=c1scc(-c2ccc(C)c(C)c2)n1N=Cc1ccc(SC)cc1. The number of aryl methyl sites for hydroxylation is 2. The van der Waals surface area contributed by atoms with Crippen LogP contribution in [0.1, 0.15) is 23.6 Å². The van der Waals surface area contributed by atoms with Gasteiger partial charge in [-0.2, -0.15) is 5.10 Å². The molecule has 0 spiro atoms. The molecule has 3 aromatic rings. The zero-order valence-electron chi connectivity index (χ0n) is 15.6. The summed E-state index contributed by atoms with van der Waals surface area (Å²) >= 11 is 3.37. The minimum atomic E-state index is 0.741. The van der Waals surface area contributed by atoms with Gasteiger partial charge in [0.15, 0.2) is 0 Å². The topological polar surface area (TPSA) is 29.6 Å². The van der Waals surface area contributed by atoms with Crippen LogP contribution >= 0.6 is 23.1 Å². The quantitative estimate of drug-likeness (QED) is 0.432. The first-order valence-corrected chi connectivity index (χ1v) is 10.7. The maximum atomic E-state index is 4.74. The summed E-state index contributed by atoms with van der Waals surface area (Å²) in [6.45, 7) is 7.06. The molecule has 0 saturated carbocycles. The van der Waals surface area contributed by atoms with Crippen LogP contribution in [-0.4, -0.2) is 23.7 Å². The fourth-order valence-corrected chi connectivity index (χ4v) is 3.88. The van der Waals surface area contributed by atoms with Gasteiger partial charge < -0.3 is 0 Å². The van der Waals surface area contributed by atoms with Crippen molar-refractivity contribution in [1.82, 2.24) is 4.68 Å². The Morgan fingerprint density at radius 1 is 1.08 bits per heavy atom. The first kappa shape index (κ1) is 18.7. The van der Waals surface area contributed by atoms with Crippen LogP contribution in [0.3, 0.4) is 0 Å². The van der Waals surface area contributed by atoms with Crippen molar-refractivity contribution in [2.45, 2.75) is 25.7 Å². The molecule has 0 bridgehead atoms. The maximum absolute atomic E-state index is 4.74. The molecule has 0 unspecified atom stereocenters. The van der Waals surface area contributed by atoms with Crippen LogP contribution in [0.4, 0.5) is 0 Å². The highest BCUT2D eigenvalue weighted by molar-refractivity contribution is 7.98. The smallest absolute Gasteiger partial charge is 0.206 e. The number of nitrogens with zero attached hydrogens (tertiary/aromatic N) is 3. The van der Waals surface area contributed by atoms with Crippen LogP contribution in [0.25, 0.3) is 11.3 Å². The van der Waals surface area contributed by atoms with Crippen molar-refractivity contribution < 1.29 is 0 Å². The standard InChI is InChI=1S/C21H23N3S2/c1-5-22-21-24(23-13-17-7-10-19(25-4)11-8-17)20(14-26-21)18-9-6-15(2)16(3)12-18/h6-14H,5H2,1-4H3. The Morgan fingerprint density at radius 3 is 2.50 bits per heavy atom. The first-order valence-electron chi connectivity index (χ1n) is 8.59. The van der Waals surface area contributed by atoms with Gasteiger partial charge in [-0.05, 0) is 61.9 Å². The molecule has 0 atom stereocenters. The summed E-state index contributed by atoms with van der Waals surface area (Å²) in [6.07, 6.45) is 3.98. The number of thioether (sulfide) groups is 1. The Kier molecular flexibility index (Phi) is 6.12. The Balaban J connectivity index is 2.03. The van der Waals surface area contributed by atoms with Crippen molar-refractivity contribution in [2.75, 3.05) is 12.8 Å². The summed E-state index contributed by atoms with van der Waals surface area (Å²) in [7, 11) is 0. The van der Waals surface area contributed by atoms with E-state index in [9.17, 15) is 0 Å². The van der Waals surface area contributed by atoms with Crippen LogP contribution < -0.4 is 4.80 Å². The second-order valence-electron chi connectivity index (χ2n) is 6.01. The van der Waals surface area contributed by atoms with E-state index in [0.717, 1.165) is 28.2 Å². The summed E-state index contributed by atoms with van der Waals surface area (Å²) in [5.74, 6) is 0. The van der Waals surface area contributed by atoms with Gasteiger partial charge in [0, 0.05) is 22.4 Å². The van der Waals surface area contributed by atoms with E-state index in [1.807, 2.05) is 17.8 Å². The van der Waals surface area contributed by atoms with Gasteiger partial charge >= 0.3 is 0 Å². The zero-order chi connectivity index (χ0) is 18.5. The molecule has 0 amide bonds. The predicted octanol–water partition coefficient (Wildman–Crippen LogP) is 5.36. The summed E-state index contributed by atoms with van der Waals surface area (Å²) < 4.78 is 1.95. The van der Waals surface area contributed by atoms with E-state index in [2.05, 4.69) is 72.9 Å². The van der Waals surface area contributed by atoms with Crippen molar-refractivity contribution in [3.63, 3.8) is 0 Å². The highest BCUT2D eigenvalue weighted by Gasteiger charge is 2.08. The minimum absolute atomic E-state index is 0.741. The lowest BCUT2D eigenvalue weighted by Crippen LogP contribution is -2.12. The molecule has 1 heterocycles. The largest absolute Gasteiger partial charge is 0.258 e. The third-order valence-electron chi connectivity index (χ3n) is 4.22. The average Bonchev–Trinajstić information content (AvgIpc) is 3.05. The second-order valence-corrected chi connectivity index (χ2v) is 7.72. The van der Waals surface area contributed by atoms with Gasteiger partial charge in [-0.1, -0.05) is 24.3 Å². The minimum Gasteiger partial charge on any atom is -0.258 e. The molecule has 0 radical (unpaired) electrons. The number of thiazole rings is 1. The van der Waals surface area contributed by atoms with Gasteiger partial charge in [-0.25, -0.2) is 4.68 Å². The molecule has 26 heavy (non-hydrogen) atoms. The molecule has 3 nitrogen and oxygen atoms in total. The fourth-order valence-electron chi connectivity index (χ4n) is 2.57. The van der Waals surface area contributed by atoms with E-state index < -0.39 is 0 Å². The van der Waals surface area contributed by atoms with E-state index in [4.69, 9.17) is 5.10 Å². The monoisotopic (exact) mass is 381 g/mol. The Bertz CT molecular complexity index is 979. The van der Waals surface area contributed by atoms with E-state index >= 15 is 0 Å². The average molecular weight is 382 g/mol. The molecule has 5 heteroatoms. The number of rotatable bonds is 5. The van der Waals surface area contributed by atoms with Crippen LogP contribution in [-0.2, 0) is 0 Å². The summed E-state index contributed by atoms with van der Waals surface area (Å²) in [6, 6.07) is 14.9.